The molecule has 0 aliphatic carbocycles. The molecule has 0 amide bonds. The molecular formula is C33H43N9O3S. The number of rotatable bonds is 10. The zero-order valence-electron chi connectivity index (χ0n) is 27.0. The number of piperazine rings is 1. The molecule has 3 N–H and O–H groups in total. The molecule has 0 atom stereocenters. The molecule has 2 saturated heterocycles. The van der Waals surface area contributed by atoms with Gasteiger partial charge in [0.1, 0.15) is 12.1 Å². The number of nitrogens with zero attached hydrogens (tertiary/aromatic N) is 6. The van der Waals surface area contributed by atoms with Crippen molar-refractivity contribution in [2.45, 2.75) is 32.2 Å². The van der Waals surface area contributed by atoms with Crippen molar-refractivity contribution in [1.29, 1.82) is 0 Å². The lowest BCUT2D eigenvalue weighted by Crippen LogP contribution is -2.52. The van der Waals surface area contributed by atoms with Gasteiger partial charge in [-0.3, -0.25) is 9.62 Å². The highest BCUT2D eigenvalue weighted by Gasteiger charge is 2.28. The van der Waals surface area contributed by atoms with Gasteiger partial charge in [0.05, 0.1) is 30.4 Å². The van der Waals surface area contributed by atoms with E-state index in [1.807, 2.05) is 30.3 Å². The van der Waals surface area contributed by atoms with Crippen molar-refractivity contribution in [1.82, 2.24) is 24.8 Å². The second kappa shape index (κ2) is 13.7. The minimum atomic E-state index is -3.54. The highest BCUT2D eigenvalue weighted by Crippen LogP contribution is 2.37. The summed E-state index contributed by atoms with van der Waals surface area (Å²) in [7, 11) is 0.334. The third-order valence-corrected chi connectivity index (χ3v) is 9.50. The molecule has 0 radical (unpaired) electrons. The van der Waals surface area contributed by atoms with E-state index in [1.165, 1.54) is 17.6 Å². The quantitative estimate of drug-likeness (QED) is 0.223. The van der Waals surface area contributed by atoms with Crippen LogP contribution in [0.4, 0.5) is 34.6 Å². The molecule has 3 aromatic carbocycles. The second-order valence-electron chi connectivity index (χ2n) is 12.1. The van der Waals surface area contributed by atoms with E-state index < -0.39 is 10.0 Å². The molecule has 3 heterocycles. The number of fused-ring (bicyclic) bond motifs is 1. The first-order valence-electron chi connectivity index (χ1n) is 15.8. The Morgan fingerprint density at radius 2 is 1.61 bits per heavy atom. The fourth-order valence-electron chi connectivity index (χ4n) is 6.45. The summed E-state index contributed by atoms with van der Waals surface area (Å²) >= 11 is 0. The molecule has 2 aliphatic heterocycles. The molecule has 0 saturated carbocycles. The molecule has 4 aromatic rings. The van der Waals surface area contributed by atoms with Crippen LogP contribution in [0.15, 0.2) is 54.9 Å². The summed E-state index contributed by atoms with van der Waals surface area (Å²) in [6.45, 7) is 8.82. The van der Waals surface area contributed by atoms with Gasteiger partial charge in [-0.2, -0.15) is 4.98 Å². The van der Waals surface area contributed by atoms with Crippen molar-refractivity contribution < 1.29 is 13.2 Å². The van der Waals surface area contributed by atoms with Gasteiger partial charge in [-0.05, 0) is 49.4 Å². The summed E-state index contributed by atoms with van der Waals surface area (Å²) in [5.74, 6) is 1.30. The number of aromatic nitrogens is 3. The smallest absolute Gasteiger partial charge is 0.232 e. The lowest BCUT2D eigenvalue weighted by atomic mass is 9.99. The van der Waals surface area contributed by atoms with Gasteiger partial charge in [0.15, 0.2) is 0 Å². The summed E-state index contributed by atoms with van der Waals surface area (Å²) in [5, 5.41) is 8.15. The Morgan fingerprint density at radius 3 is 2.28 bits per heavy atom. The first-order chi connectivity index (χ1) is 22.2. The number of sulfonamides is 1. The summed E-state index contributed by atoms with van der Waals surface area (Å²) in [5.41, 5.74) is 4.14. The van der Waals surface area contributed by atoms with Gasteiger partial charge in [0.25, 0.3) is 0 Å². The summed E-state index contributed by atoms with van der Waals surface area (Å²) in [6, 6.07) is 16.2. The predicted octanol–water partition coefficient (Wildman–Crippen LogP) is 4.67. The van der Waals surface area contributed by atoms with Crippen LogP contribution in [0.25, 0.3) is 10.8 Å². The Labute approximate surface area is 271 Å². The van der Waals surface area contributed by atoms with Gasteiger partial charge in [0.2, 0.25) is 21.9 Å². The predicted molar refractivity (Wildman–Crippen MR) is 185 cm³/mol. The maximum Gasteiger partial charge on any atom is 0.232 e. The SMILES string of the molecule is CCc1cc(Nc2ncnc(Nc3ccc4ccccc4c3NS(C)(=O)=O)n2)c(OC)cc1N1CCC(N2CCN(C)CC2)CC1. The van der Waals surface area contributed by atoms with Crippen molar-refractivity contribution in [3.05, 3.63) is 60.4 Å². The Bertz CT molecular complexity index is 1790. The number of benzene rings is 3. The number of aryl methyl sites for hydroxylation is 1. The Kier molecular flexibility index (Phi) is 9.43. The van der Waals surface area contributed by atoms with E-state index in [0.29, 0.717) is 29.1 Å². The molecule has 0 spiro atoms. The number of anilines is 6. The van der Waals surface area contributed by atoms with Crippen molar-refractivity contribution in [2.75, 3.05) is 79.9 Å². The van der Waals surface area contributed by atoms with Gasteiger partial charge in [-0.25, -0.2) is 18.4 Å². The lowest BCUT2D eigenvalue weighted by Gasteiger charge is -2.43. The van der Waals surface area contributed by atoms with Gasteiger partial charge >= 0.3 is 0 Å². The van der Waals surface area contributed by atoms with E-state index in [9.17, 15) is 8.42 Å². The van der Waals surface area contributed by atoms with Crippen LogP contribution >= 0.6 is 0 Å². The van der Waals surface area contributed by atoms with Crippen molar-refractivity contribution in [3.63, 3.8) is 0 Å². The van der Waals surface area contributed by atoms with Crippen LogP contribution in [-0.4, -0.2) is 98.9 Å². The Morgan fingerprint density at radius 1 is 0.913 bits per heavy atom. The number of ether oxygens (including phenoxy) is 1. The number of methoxy groups -OCH3 is 1. The zero-order valence-corrected chi connectivity index (χ0v) is 27.8. The molecule has 0 bridgehead atoms. The van der Waals surface area contributed by atoms with E-state index in [1.54, 1.807) is 13.2 Å². The van der Waals surface area contributed by atoms with E-state index in [4.69, 9.17) is 4.74 Å². The number of hydrogen-bond acceptors (Lipinski definition) is 11. The van der Waals surface area contributed by atoms with Crippen LogP contribution in [0.5, 0.6) is 5.75 Å². The maximum absolute atomic E-state index is 12.2. The number of piperidine rings is 1. The monoisotopic (exact) mass is 645 g/mol. The molecular weight excluding hydrogens is 602 g/mol. The van der Waals surface area contributed by atoms with Crippen LogP contribution in [0.3, 0.4) is 0 Å². The highest BCUT2D eigenvalue weighted by atomic mass is 32.2. The van der Waals surface area contributed by atoms with Crippen molar-refractivity contribution in [3.8, 4) is 5.75 Å². The topological polar surface area (TPSA) is 128 Å². The first kappa shape index (κ1) is 31.8. The highest BCUT2D eigenvalue weighted by molar-refractivity contribution is 7.92. The molecule has 0 unspecified atom stereocenters. The minimum Gasteiger partial charge on any atom is -0.494 e. The van der Waals surface area contributed by atoms with Gasteiger partial charge in [-0.1, -0.05) is 37.3 Å². The first-order valence-corrected chi connectivity index (χ1v) is 17.7. The van der Waals surface area contributed by atoms with Crippen LogP contribution in [0.1, 0.15) is 25.3 Å². The number of hydrogen-bond donors (Lipinski definition) is 3. The molecule has 2 aliphatic rings. The third kappa shape index (κ3) is 7.27. The molecule has 6 rings (SSSR count). The summed E-state index contributed by atoms with van der Waals surface area (Å²) in [4.78, 5) is 20.8. The Hall–Kier alpha value is -4.20. The van der Waals surface area contributed by atoms with Crippen molar-refractivity contribution >= 4 is 55.4 Å². The Balaban J connectivity index is 1.20. The largest absolute Gasteiger partial charge is 0.494 e. The van der Waals surface area contributed by atoms with E-state index >= 15 is 0 Å². The molecule has 244 valence electrons. The average molecular weight is 646 g/mol. The third-order valence-electron chi connectivity index (χ3n) is 8.92. The molecule has 12 nitrogen and oxygen atoms in total. The maximum atomic E-state index is 12.2. The minimum absolute atomic E-state index is 0.263. The molecule has 13 heteroatoms. The average Bonchev–Trinajstić information content (AvgIpc) is 3.06. The van der Waals surface area contributed by atoms with E-state index in [2.05, 4.69) is 71.1 Å². The molecule has 46 heavy (non-hydrogen) atoms. The second-order valence-corrected chi connectivity index (χ2v) is 13.8. The fourth-order valence-corrected chi connectivity index (χ4v) is 7.04. The molecule has 1 aromatic heterocycles. The van der Waals surface area contributed by atoms with Crippen LogP contribution in [-0.2, 0) is 16.4 Å². The van der Waals surface area contributed by atoms with Gasteiger partial charge in [-0.15, -0.1) is 0 Å². The zero-order chi connectivity index (χ0) is 32.3. The lowest BCUT2D eigenvalue weighted by molar-refractivity contribution is 0.0982. The summed E-state index contributed by atoms with van der Waals surface area (Å²) in [6.07, 6.45) is 5.73. The van der Waals surface area contributed by atoms with Gasteiger partial charge < -0.3 is 25.2 Å². The van der Waals surface area contributed by atoms with E-state index in [0.717, 1.165) is 81.2 Å². The van der Waals surface area contributed by atoms with E-state index in [-0.39, 0.29) is 5.95 Å². The van der Waals surface area contributed by atoms with Crippen LogP contribution in [0.2, 0.25) is 0 Å². The standard InChI is InChI=1S/C33H43N9O3S/c1-5-23-20-28(30(45-3)21-29(23)42-14-12-25(13-15-42)41-18-16-40(2)17-19-41)37-33-35-22-34-32(38-33)36-27-11-10-24-8-6-7-9-26(24)31(27)39-46(4,43)44/h6-11,20-22,25,39H,5,12-19H2,1-4H3,(H2,34,35,36,37,38). The fraction of sp³-hybridized carbons (Fsp3) is 0.424. The number of nitrogens with one attached hydrogen (secondary N) is 3. The van der Waals surface area contributed by atoms with Crippen LogP contribution < -0.4 is 25.0 Å². The van der Waals surface area contributed by atoms with Gasteiger partial charge in [0, 0.05) is 62.5 Å². The van der Waals surface area contributed by atoms with Crippen molar-refractivity contribution in [2.24, 2.45) is 0 Å². The molecule has 2 fully saturated rings. The summed E-state index contributed by atoms with van der Waals surface area (Å²) < 4.78 is 32.9. The van der Waals surface area contributed by atoms with Crippen LogP contribution in [0, 0.1) is 0 Å². The normalized spacial score (nSPS) is 16.8. The number of likely N-dealkylation sites (N-methyl/N-ethyl adjacent to an activating group) is 1.